The summed E-state index contributed by atoms with van der Waals surface area (Å²) in [6.07, 6.45) is 8.09. The van der Waals surface area contributed by atoms with Crippen LogP contribution in [0.2, 0.25) is 0 Å². The number of hydrogen-bond donors (Lipinski definition) is 0. The van der Waals surface area contributed by atoms with E-state index in [4.69, 9.17) is 9.15 Å². The lowest BCUT2D eigenvalue weighted by Gasteiger charge is -2.03. The van der Waals surface area contributed by atoms with Crippen LogP contribution in [-0.4, -0.2) is 18.4 Å². The minimum atomic E-state index is -0.202. The van der Waals surface area contributed by atoms with E-state index in [0.717, 1.165) is 49.8 Å². The van der Waals surface area contributed by atoms with Gasteiger partial charge in [0, 0.05) is 13.3 Å². The molecule has 0 N–H and O–H groups in total. The number of carbonyl (C=O) groups excluding carboxylic acids is 2. The molecule has 4 heteroatoms. The second-order valence-electron chi connectivity index (χ2n) is 5.86. The van der Waals surface area contributed by atoms with Crippen molar-refractivity contribution in [2.75, 3.05) is 6.61 Å². The smallest absolute Gasteiger partial charge is 0.302 e. The fraction of sp³-hybridized carbons (Fsp3) is 0.667. The number of aryl methyl sites for hydroxylation is 2. The predicted molar refractivity (Wildman–Crippen MR) is 86.1 cm³/mol. The molecule has 1 aromatic rings. The van der Waals surface area contributed by atoms with E-state index in [1.165, 1.54) is 13.3 Å². The summed E-state index contributed by atoms with van der Waals surface area (Å²) in [5.41, 5.74) is 0.940. The lowest BCUT2D eigenvalue weighted by Crippen LogP contribution is -2.00. The molecule has 0 bridgehead atoms. The molecular formula is C18H28O4. The number of ketones is 1. The molecule has 0 atom stereocenters. The molecule has 0 saturated heterocycles. The Hall–Kier alpha value is -1.58. The molecule has 0 fully saturated rings. The number of hydrogen-bond acceptors (Lipinski definition) is 4. The number of esters is 1. The Morgan fingerprint density at radius 2 is 1.59 bits per heavy atom. The van der Waals surface area contributed by atoms with Crippen molar-refractivity contribution in [3.8, 4) is 0 Å². The number of rotatable bonds is 11. The van der Waals surface area contributed by atoms with Crippen LogP contribution in [0.5, 0.6) is 0 Å². The van der Waals surface area contributed by atoms with Crippen LogP contribution >= 0.6 is 0 Å². The van der Waals surface area contributed by atoms with Gasteiger partial charge in [0.2, 0.25) is 0 Å². The molecule has 1 aromatic heterocycles. The maximum Gasteiger partial charge on any atom is 0.302 e. The van der Waals surface area contributed by atoms with Gasteiger partial charge in [0.15, 0.2) is 11.5 Å². The van der Waals surface area contributed by atoms with Gasteiger partial charge in [-0.1, -0.05) is 32.1 Å². The van der Waals surface area contributed by atoms with Crippen molar-refractivity contribution in [1.82, 2.24) is 0 Å². The normalized spacial score (nSPS) is 10.7. The first-order valence-electron chi connectivity index (χ1n) is 8.24. The summed E-state index contributed by atoms with van der Waals surface area (Å²) in [7, 11) is 0. The molecule has 0 amide bonds. The minimum absolute atomic E-state index is 0.118. The van der Waals surface area contributed by atoms with Crippen LogP contribution < -0.4 is 0 Å². The van der Waals surface area contributed by atoms with E-state index >= 15 is 0 Å². The van der Waals surface area contributed by atoms with Gasteiger partial charge < -0.3 is 9.15 Å². The lowest BCUT2D eigenvalue weighted by atomic mass is 10.0. The van der Waals surface area contributed by atoms with Gasteiger partial charge in [-0.3, -0.25) is 9.59 Å². The Labute approximate surface area is 133 Å². The molecule has 1 heterocycles. The number of Topliss-reactive ketones (excluding diaryl/α,β-unsaturated/α-hetero) is 1. The molecule has 0 saturated carbocycles. The minimum Gasteiger partial charge on any atom is -0.466 e. The van der Waals surface area contributed by atoms with E-state index in [0.29, 0.717) is 18.8 Å². The molecule has 0 aromatic carbocycles. The first-order valence-corrected chi connectivity index (χ1v) is 8.24. The molecule has 0 aliphatic carbocycles. The SMILES string of the molecule is CC(=O)OCCCCCCCCCC(=O)c1oc(C)cc1C. The molecule has 124 valence electrons. The van der Waals surface area contributed by atoms with Crippen LogP contribution in [0, 0.1) is 13.8 Å². The van der Waals surface area contributed by atoms with Gasteiger partial charge in [0.1, 0.15) is 5.76 Å². The second-order valence-corrected chi connectivity index (χ2v) is 5.86. The fourth-order valence-electron chi connectivity index (χ4n) is 2.52. The highest BCUT2D eigenvalue weighted by molar-refractivity contribution is 5.94. The van der Waals surface area contributed by atoms with Gasteiger partial charge >= 0.3 is 5.97 Å². The summed E-state index contributed by atoms with van der Waals surface area (Å²) in [4.78, 5) is 22.6. The molecule has 22 heavy (non-hydrogen) atoms. The summed E-state index contributed by atoms with van der Waals surface area (Å²) in [6, 6.07) is 1.91. The van der Waals surface area contributed by atoms with Crippen molar-refractivity contribution in [2.45, 2.75) is 72.1 Å². The fourth-order valence-corrected chi connectivity index (χ4v) is 2.52. The number of furan rings is 1. The molecule has 0 radical (unpaired) electrons. The highest BCUT2D eigenvalue weighted by Gasteiger charge is 2.13. The van der Waals surface area contributed by atoms with Gasteiger partial charge in [-0.15, -0.1) is 0 Å². The third-order valence-corrected chi connectivity index (χ3v) is 3.65. The summed E-state index contributed by atoms with van der Waals surface area (Å²) < 4.78 is 10.3. The van der Waals surface area contributed by atoms with Gasteiger partial charge in [-0.25, -0.2) is 0 Å². The Balaban J connectivity index is 1.98. The molecule has 4 nitrogen and oxygen atoms in total. The molecule has 1 rings (SSSR count). The van der Waals surface area contributed by atoms with Crippen LogP contribution in [0.15, 0.2) is 10.5 Å². The average molecular weight is 308 g/mol. The molecule has 0 unspecified atom stereocenters. The van der Waals surface area contributed by atoms with Crippen molar-refractivity contribution in [3.63, 3.8) is 0 Å². The van der Waals surface area contributed by atoms with Crippen molar-refractivity contribution in [1.29, 1.82) is 0 Å². The Kier molecular flexibility index (Phi) is 8.56. The van der Waals surface area contributed by atoms with Gasteiger partial charge in [-0.2, -0.15) is 0 Å². The van der Waals surface area contributed by atoms with Crippen LogP contribution in [0.25, 0.3) is 0 Å². The maximum atomic E-state index is 12.0. The van der Waals surface area contributed by atoms with E-state index in [9.17, 15) is 9.59 Å². The topological polar surface area (TPSA) is 56.5 Å². The van der Waals surface area contributed by atoms with Crippen molar-refractivity contribution < 1.29 is 18.7 Å². The summed E-state index contributed by atoms with van der Waals surface area (Å²) in [6.45, 7) is 5.75. The highest BCUT2D eigenvalue weighted by Crippen LogP contribution is 2.17. The van der Waals surface area contributed by atoms with E-state index in [1.54, 1.807) is 0 Å². The maximum absolute atomic E-state index is 12.0. The van der Waals surface area contributed by atoms with Crippen LogP contribution in [-0.2, 0) is 9.53 Å². The van der Waals surface area contributed by atoms with Crippen molar-refractivity contribution in [3.05, 3.63) is 23.2 Å². The lowest BCUT2D eigenvalue weighted by molar-refractivity contribution is -0.141. The Morgan fingerprint density at radius 3 is 2.14 bits per heavy atom. The third kappa shape index (κ3) is 7.43. The largest absolute Gasteiger partial charge is 0.466 e. The molecular weight excluding hydrogens is 280 g/mol. The first-order chi connectivity index (χ1) is 10.5. The number of carbonyl (C=O) groups is 2. The summed E-state index contributed by atoms with van der Waals surface area (Å²) in [5, 5.41) is 0. The molecule has 0 aliphatic heterocycles. The summed E-state index contributed by atoms with van der Waals surface area (Å²) >= 11 is 0. The molecule has 0 aliphatic rings. The van der Waals surface area contributed by atoms with E-state index in [-0.39, 0.29) is 11.8 Å². The van der Waals surface area contributed by atoms with E-state index in [2.05, 4.69) is 0 Å². The Bertz CT molecular complexity index is 473. The first kappa shape index (κ1) is 18.5. The molecule has 0 spiro atoms. The van der Waals surface area contributed by atoms with Gasteiger partial charge in [0.25, 0.3) is 0 Å². The average Bonchev–Trinajstić information content (AvgIpc) is 2.79. The quantitative estimate of drug-likeness (QED) is 0.336. The van der Waals surface area contributed by atoms with Crippen LogP contribution in [0.1, 0.15) is 80.2 Å². The van der Waals surface area contributed by atoms with Crippen LogP contribution in [0.4, 0.5) is 0 Å². The Morgan fingerprint density at radius 1 is 1.00 bits per heavy atom. The second kappa shape index (κ2) is 10.2. The standard InChI is InChI=1S/C18H28O4/c1-14-13-15(2)22-18(14)17(20)11-9-7-5-4-6-8-10-12-21-16(3)19/h13H,4-12H2,1-3H3. The zero-order chi connectivity index (χ0) is 16.4. The van der Waals surface area contributed by atoms with Crippen molar-refractivity contribution >= 4 is 11.8 Å². The highest BCUT2D eigenvalue weighted by atomic mass is 16.5. The van der Waals surface area contributed by atoms with E-state index < -0.39 is 0 Å². The van der Waals surface area contributed by atoms with Gasteiger partial charge in [0.05, 0.1) is 6.61 Å². The van der Waals surface area contributed by atoms with Crippen LogP contribution in [0.3, 0.4) is 0 Å². The van der Waals surface area contributed by atoms with E-state index in [1.807, 2.05) is 19.9 Å². The van der Waals surface area contributed by atoms with Crippen molar-refractivity contribution in [2.24, 2.45) is 0 Å². The predicted octanol–water partition coefficient (Wildman–Crippen LogP) is 4.76. The number of unbranched alkanes of at least 4 members (excludes halogenated alkanes) is 6. The zero-order valence-electron chi connectivity index (χ0n) is 14.1. The number of ether oxygens (including phenoxy) is 1. The van der Waals surface area contributed by atoms with Gasteiger partial charge in [-0.05, 0) is 38.3 Å². The summed E-state index contributed by atoms with van der Waals surface area (Å²) in [5.74, 6) is 1.25. The third-order valence-electron chi connectivity index (χ3n) is 3.65. The monoisotopic (exact) mass is 308 g/mol. The zero-order valence-corrected chi connectivity index (χ0v) is 14.1.